The van der Waals surface area contributed by atoms with Crippen molar-refractivity contribution in [1.82, 2.24) is 9.97 Å². The molecule has 1 aromatic carbocycles. The fraction of sp³-hybridized carbons (Fsp3) is 0.500. The maximum Gasteiger partial charge on any atom is 0.224 e. The number of nitrogens with zero attached hydrogens (tertiary/aromatic N) is 3. The van der Waals surface area contributed by atoms with Crippen LogP contribution in [0.3, 0.4) is 0 Å². The van der Waals surface area contributed by atoms with E-state index < -0.39 is 0 Å². The van der Waals surface area contributed by atoms with Crippen LogP contribution in [-0.4, -0.2) is 43.8 Å². The molecule has 140 valence electrons. The molecule has 3 rings (SSSR count). The van der Waals surface area contributed by atoms with Gasteiger partial charge in [0, 0.05) is 25.8 Å². The van der Waals surface area contributed by atoms with Crippen LogP contribution in [-0.2, 0) is 6.42 Å². The van der Waals surface area contributed by atoms with Gasteiger partial charge in [-0.1, -0.05) is 18.9 Å². The number of hydrogen-bond donors (Lipinski definition) is 1. The van der Waals surface area contributed by atoms with Gasteiger partial charge in [-0.25, -0.2) is 4.98 Å². The zero-order chi connectivity index (χ0) is 18.2. The van der Waals surface area contributed by atoms with Gasteiger partial charge in [-0.2, -0.15) is 4.98 Å². The Morgan fingerprint density at radius 3 is 2.50 bits per heavy atom. The van der Waals surface area contributed by atoms with Crippen molar-refractivity contribution >= 4 is 11.8 Å². The molecule has 1 aromatic heterocycles. The van der Waals surface area contributed by atoms with Crippen molar-refractivity contribution in [2.24, 2.45) is 0 Å². The lowest BCUT2D eigenvalue weighted by Crippen LogP contribution is -2.25. The number of benzene rings is 1. The molecule has 0 unspecified atom stereocenters. The highest BCUT2D eigenvalue weighted by atomic mass is 16.5. The smallest absolute Gasteiger partial charge is 0.224 e. The average molecular weight is 356 g/mol. The van der Waals surface area contributed by atoms with E-state index in [0.717, 1.165) is 43.4 Å². The number of rotatable bonds is 7. The third kappa shape index (κ3) is 4.77. The first kappa shape index (κ1) is 18.3. The minimum atomic E-state index is 0.687. The fourth-order valence-electron chi connectivity index (χ4n) is 3.27. The molecule has 0 radical (unpaired) electrons. The molecule has 1 fully saturated rings. The standard InChI is InChI=1S/C20H28N4O2/c1-25-17-8-7-16(15-18(17)26-2)9-11-21-20-22-12-10-19(23-20)24-13-5-3-4-6-14-24/h7-8,10,12,15H,3-6,9,11,13-14H2,1-2H3,(H,21,22,23). The highest BCUT2D eigenvalue weighted by molar-refractivity contribution is 5.44. The van der Waals surface area contributed by atoms with E-state index in [2.05, 4.69) is 26.3 Å². The van der Waals surface area contributed by atoms with E-state index in [-0.39, 0.29) is 0 Å². The second-order valence-electron chi connectivity index (χ2n) is 6.51. The Bertz CT molecular complexity index is 700. The summed E-state index contributed by atoms with van der Waals surface area (Å²) in [6, 6.07) is 8.00. The van der Waals surface area contributed by atoms with Gasteiger partial charge < -0.3 is 19.7 Å². The number of methoxy groups -OCH3 is 2. The van der Waals surface area contributed by atoms with Crippen molar-refractivity contribution in [2.45, 2.75) is 32.1 Å². The molecule has 2 heterocycles. The van der Waals surface area contributed by atoms with Crippen LogP contribution in [0.5, 0.6) is 11.5 Å². The molecule has 1 aliphatic heterocycles. The number of ether oxygens (including phenoxy) is 2. The zero-order valence-electron chi connectivity index (χ0n) is 15.7. The third-order valence-corrected chi connectivity index (χ3v) is 4.72. The molecular weight excluding hydrogens is 328 g/mol. The normalized spacial score (nSPS) is 14.6. The van der Waals surface area contributed by atoms with Crippen molar-refractivity contribution in [3.05, 3.63) is 36.0 Å². The predicted molar refractivity (Wildman–Crippen MR) is 104 cm³/mol. The van der Waals surface area contributed by atoms with Gasteiger partial charge in [0.25, 0.3) is 0 Å². The summed E-state index contributed by atoms with van der Waals surface area (Å²) in [6.45, 7) is 2.93. The summed E-state index contributed by atoms with van der Waals surface area (Å²) in [5.41, 5.74) is 1.18. The summed E-state index contributed by atoms with van der Waals surface area (Å²) in [5.74, 6) is 3.21. The van der Waals surface area contributed by atoms with Crippen LogP contribution in [0, 0.1) is 0 Å². The van der Waals surface area contributed by atoms with Crippen LogP contribution >= 0.6 is 0 Å². The molecule has 0 atom stereocenters. The molecule has 0 spiro atoms. The van der Waals surface area contributed by atoms with Gasteiger partial charge in [-0.15, -0.1) is 0 Å². The molecule has 1 saturated heterocycles. The second kappa shape index (κ2) is 9.27. The topological polar surface area (TPSA) is 59.5 Å². The van der Waals surface area contributed by atoms with E-state index in [0.29, 0.717) is 5.95 Å². The van der Waals surface area contributed by atoms with Crippen LogP contribution < -0.4 is 19.7 Å². The van der Waals surface area contributed by atoms with E-state index in [1.807, 2.05) is 24.4 Å². The van der Waals surface area contributed by atoms with Crippen molar-refractivity contribution in [2.75, 3.05) is 44.1 Å². The van der Waals surface area contributed by atoms with Crippen LogP contribution in [0.15, 0.2) is 30.5 Å². The van der Waals surface area contributed by atoms with Crippen LogP contribution in [0.2, 0.25) is 0 Å². The van der Waals surface area contributed by atoms with Crippen molar-refractivity contribution in [3.63, 3.8) is 0 Å². The van der Waals surface area contributed by atoms with Crippen molar-refractivity contribution < 1.29 is 9.47 Å². The molecule has 1 aliphatic rings. The Labute approximate surface area is 155 Å². The van der Waals surface area contributed by atoms with E-state index in [4.69, 9.17) is 9.47 Å². The molecule has 6 heteroatoms. The van der Waals surface area contributed by atoms with Gasteiger partial charge in [0.05, 0.1) is 14.2 Å². The summed E-state index contributed by atoms with van der Waals surface area (Å²) in [6.07, 6.45) is 7.82. The first-order chi connectivity index (χ1) is 12.8. The lowest BCUT2D eigenvalue weighted by Gasteiger charge is -2.21. The van der Waals surface area contributed by atoms with Gasteiger partial charge >= 0.3 is 0 Å². The van der Waals surface area contributed by atoms with Crippen molar-refractivity contribution in [1.29, 1.82) is 0 Å². The zero-order valence-corrected chi connectivity index (χ0v) is 15.7. The Morgan fingerprint density at radius 1 is 1.00 bits per heavy atom. The lowest BCUT2D eigenvalue weighted by molar-refractivity contribution is 0.354. The van der Waals surface area contributed by atoms with Gasteiger partial charge in [-0.05, 0) is 43.0 Å². The molecule has 0 amide bonds. The summed E-state index contributed by atoms with van der Waals surface area (Å²) < 4.78 is 10.6. The molecule has 0 saturated carbocycles. The van der Waals surface area contributed by atoms with E-state index >= 15 is 0 Å². The van der Waals surface area contributed by atoms with Gasteiger partial charge in [-0.3, -0.25) is 0 Å². The fourth-order valence-corrected chi connectivity index (χ4v) is 3.27. The molecule has 0 bridgehead atoms. The summed E-state index contributed by atoms with van der Waals surface area (Å²) in [7, 11) is 3.30. The number of nitrogens with one attached hydrogen (secondary N) is 1. The Hall–Kier alpha value is -2.50. The summed E-state index contributed by atoms with van der Waals surface area (Å²) in [5, 5.41) is 3.33. The molecular formula is C20H28N4O2. The highest BCUT2D eigenvalue weighted by Gasteiger charge is 2.12. The second-order valence-corrected chi connectivity index (χ2v) is 6.51. The van der Waals surface area contributed by atoms with Crippen LogP contribution in [0.4, 0.5) is 11.8 Å². The molecule has 2 aromatic rings. The first-order valence-electron chi connectivity index (χ1n) is 9.33. The maximum atomic E-state index is 5.36. The number of hydrogen-bond acceptors (Lipinski definition) is 6. The Balaban J connectivity index is 1.57. The largest absolute Gasteiger partial charge is 0.493 e. The van der Waals surface area contributed by atoms with Crippen molar-refractivity contribution in [3.8, 4) is 11.5 Å². The van der Waals surface area contributed by atoms with Gasteiger partial charge in [0.2, 0.25) is 5.95 Å². The monoisotopic (exact) mass is 356 g/mol. The van der Waals surface area contributed by atoms with Crippen LogP contribution in [0.1, 0.15) is 31.2 Å². The maximum absolute atomic E-state index is 5.36. The quantitative estimate of drug-likeness (QED) is 0.819. The molecule has 26 heavy (non-hydrogen) atoms. The summed E-state index contributed by atoms with van der Waals surface area (Å²) >= 11 is 0. The predicted octanol–water partition coefficient (Wildman–Crippen LogP) is 3.53. The van der Waals surface area contributed by atoms with E-state index in [1.165, 1.54) is 31.2 Å². The minimum absolute atomic E-state index is 0.687. The van der Waals surface area contributed by atoms with E-state index in [1.54, 1.807) is 14.2 Å². The minimum Gasteiger partial charge on any atom is -0.493 e. The Morgan fingerprint density at radius 2 is 1.77 bits per heavy atom. The number of anilines is 2. The number of aromatic nitrogens is 2. The SMILES string of the molecule is COc1ccc(CCNc2nccc(N3CCCCCC3)n2)cc1OC. The lowest BCUT2D eigenvalue weighted by atomic mass is 10.1. The van der Waals surface area contributed by atoms with Gasteiger partial charge in [0.15, 0.2) is 11.5 Å². The molecule has 0 aliphatic carbocycles. The summed E-state index contributed by atoms with van der Waals surface area (Å²) in [4.78, 5) is 11.4. The van der Waals surface area contributed by atoms with E-state index in [9.17, 15) is 0 Å². The average Bonchev–Trinajstić information content (AvgIpc) is 2.97. The van der Waals surface area contributed by atoms with Crippen LogP contribution in [0.25, 0.3) is 0 Å². The van der Waals surface area contributed by atoms with Gasteiger partial charge in [0.1, 0.15) is 5.82 Å². The Kier molecular flexibility index (Phi) is 6.52. The molecule has 1 N–H and O–H groups in total. The molecule has 6 nitrogen and oxygen atoms in total. The first-order valence-corrected chi connectivity index (χ1v) is 9.33. The highest BCUT2D eigenvalue weighted by Crippen LogP contribution is 2.27. The third-order valence-electron chi connectivity index (χ3n) is 4.72.